The van der Waals surface area contributed by atoms with Crippen LogP contribution in [0.3, 0.4) is 0 Å². The standard InChI is InChI=1S/C10H13ClN2O2/c1-7-12-9(11)6-10(14)13(7)8-2-4-15-5-3-8/h6,8H,2-5H2,1H3. The third-order valence-corrected chi connectivity index (χ3v) is 2.85. The summed E-state index contributed by atoms with van der Waals surface area (Å²) in [4.78, 5) is 15.9. The van der Waals surface area contributed by atoms with Crippen molar-refractivity contribution in [2.24, 2.45) is 0 Å². The van der Waals surface area contributed by atoms with Crippen molar-refractivity contribution in [1.29, 1.82) is 0 Å². The Hall–Kier alpha value is -0.870. The van der Waals surface area contributed by atoms with Crippen molar-refractivity contribution in [2.75, 3.05) is 13.2 Å². The molecular weight excluding hydrogens is 216 g/mol. The monoisotopic (exact) mass is 228 g/mol. The third kappa shape index (κ3) is 2.21. The zero-order valence-electron chi connectivity index (χ0n) is 8.57. The second-order valence-electron chi connectivity index (χ2n) is 3.68. The highest BCUT2D eigenvalue weighted by atomic mass is 35.5. The van der Waals surface area contributed by atoms with Gasteiger partial charge in [0.1, 0.15) is 11.0 Å². The number of hydrogen-bond acceptors (Lipinski definition) is 3. The third-order valence-electron chi connectivity index (χ3n) is 2.65. The van der Waals surface area contributed by atoms with Crippen molar-refractivity contribution in [3.05, 3.63) is 27.4 Å². The van der Waals surface area contributed by atoms with E-state index in [1.165, 1.54) is 6.07 Å². The van der Waals surface area contributed by atoms with Crippen LogP contribution in [0.2, 0.25) is 5.15 Å². The molecule has 2 rings (SSSR count). The van der Waals surface area contributed by atoms with Gasteiger partial charge >= 0.3 is 0 Å². The molecular formula is C10H13ClN2O2. The Kier molecular flexibility index (Phi) is 3.07. The Labute approximate surface area is 92.8 Å². The number of aryl methyl sites for hydroxylation is 1. The predicted molar refractivity (Wildman–Crippen MR) is 57.3 cm³/mol. The van der Waals surface area contributed by atoms with Crippen LogP contribution in [0, 0.1) is 6.92 Å². The highest BCUT2D eigenvalue weighted by molar-refractivity contribution is 6.29. The van der Waals surface area contributed by atoms with Crippen LogP contribution in [0.1, 0.15) is 24.7 Å². The molecule has 0 radical (unpaired) electrons. The maximum Gasteiger partial charge on any atom is 0.255 e. The topological polar surface area (TPSA) is 44.1 Å². The summed E-state index contributed by atoms with van der Waals surface area (Å²) >= 11 is 5.71. The van der Waals surface area contributed by atoms with Crippen LogP contribution in [0.5, 0.6) is 0 Å². The molecule has 0 unspecified atom stereocenters. The van der Waals surface area contributed by atoms with Gasteiger partial charge in [-0.1, -0.05) is 11.6 Å². The molecule has 0 aliphatic carbocycles. The number of hydrogen-bond donors (Lipinski definition) is 0. The van der Waals surface area contributed by atoms with Crippen molar-refractivity contribution in [2.45, 2.75) is 25.8 Å². The summed E-state index contributed by atoms with van der Waals surface area (Å²) in [6, 6.07) is 1.57. The number of ether oxygens (including phenoxy) is 1. The Morgan fingerprint density at radius 1 is 1.53 bits per heavy atom. The first-order valence-electron chi connectivity index (χ1n) is 5.02. The summed E-state index contributed by atoms with van der Waals surface area (Å²) in [6.07, 6.45) is 1.73. The van der Waals surface area contributed by atoms with Gasteiger partial charge in [-0.3, -0.25) is 9.36 Å². The molecule has 0 aromatic carbocycles. The van der Waals surface area contributed by atoms with E-state index >= 15 is 0 Å². The van der Waals surface area contributed by atoms with Crippen LogP contribution >= 0.6 is 11.6 Å². The fourth-order valence-electron chi connectivity index (χ4n) is 1.96. The fraction of sp³-hybridized carbons (Fsp3) is 0.600. The molecule has 0 spiro atoms. The maximum absolute atomic E-state index is 11.8. The van der Waals surface area contributed by atoms with Crippen LogP contribution in [0.25, 0.3) is 0 Å². The largest absolute Gasteiger partial charge is 0.381 e. The molecule has 1 aliphatic rings. The molecule has 0 atom stereocenters. The van der Waals surface area contributed by atoms with Gasteiger partial charge in [0.15, 0.2) is 0 Å². The molecule has 1 aliphatic heterocycles. The quantitative estimate of drug-likeness (QED) is 0.686. The van der Waals surface area contributed by atoms with Crippen LogP contribution in [-0.2, 0) is 4.74 Å². The number of nitrogens with zero attached hydrogens (tertiary/aromatic N) is 2. The first kappa shape index (κ1) is 10.6. The molecule has 0 amide bonds. The smallest absolute Gasteiger partial charge is 0.255 e. The van der Waals surface area contributed by atoms with Crippen LogP contribution < -0.4 is 5.56 Å². The molecule has 2 heterocycles. The molecule has 1 aromatic heterocycles. The van der Waals surface area contributed by atoms with Crippen molar-refractivity contribution in [3.63, 3.8) is 0 Å². The molecule has 1 fully saturated rings. The van der Waals surface area contributed by atoms with Gasteiger partial charge in [0.25, 0.3) is 5.56 Å². The molecule has 0 bridgehead atoms. The fourth-order valence-corrected chi connectivity index (χ4v) is 2.17. The zero-order chi connectivity index (χ0) is 10.8. The van der Waals surface area contributed by atoms with E-state index in [-0.39, 0.29) is 16.8 Å². The second-order valence-corrected chi connectivity index (χ2v) is 4.07. The predicted octanol–water partition coefficient (Wildman–Crippen LogP) is 1.56. The molecule has 15 heavy (non-hydrogen) atoms. The van der Waals surface area contributed by atoms with E-state index in [0.29, 0.717) is 19.0 Å². The minimum atomic E-state index is -0.0700. The lowest BCUT2D eigenvalue weighted by Gasteiger charge is -2.25. The Morgan fingerprint density at radius 3 is 2.80 bits per heavy atom. The van der Waals surface area contributed by atoms with Crippen LogP contribution in [0.4, 0.5) is 0 Å². The lowest BCUT2D eigenvalue weighted by Crippen LogP contribution is -2.31. The maximum atomic E-state index is 11.8. The minimum Gasteiger partial charge on any atom is -0.381 e. The van der Waals surface area contributed by atoms with Gasteiger partial charge < -0.3 is 4.74 Å². The molecule has 0 saturated carbocycles. The highest BCUT2D eigenvalue weighted by Crippen LogP contribution is 2.20. The molecule has 0 N–H and O–H groups in total. The summed E-state index contributed by atoms with van der Waals surface area (Å²) in [5.41, 5.74) is -0.0700. The summed E-state index contributed by atoms with van der Waals surface area (Å²) < 4.78 is 6.98. The summed E-state index contributed by atoms with van der Waals surface area (Å²) in [7, 11) is 0. The number of rotatable bonds is 1. The number of aromatic nitrogens is 2. The van der Waals surface area contributed by atoms with Gasteiger partial charge in [-0.05, 0) is 19.8 Å². The van der Waals surface area contributed by atoms with Gasteiger partial charge in [0, 0.05) is 25.3 Å². The van der Waals surface area contributed by atoms with Gasteiger partial charge in [-0.2, -0.15) is 0 Å². The summed E-state index contributed by atoms with van der Waals surface area (Å²) in [6.45, 7) is 3.22. The van der Waals surface area contributed by atoms with Crippen LogP contribution in [0.15, 0.2) is 10.9 Å². The van der Waals surface area contributed by atoms with Gasteiger partial charge in [-0.25, -0.2) is 4.98 Å². The zero-order valence-corrected chi connectivity index (χ0v) is 9.33. The van der Waals surface area contributed by atoms with Crippen molar-refractivity contribution in [3.8, 4) is 0 Å². The molecule has 4 nitrogen and oxygen atoms in total. The lowest BCUT2D eigenvalue weighted by molar-refractivity contribution is 0.0678. The van der Waals surface area contributed by atoms with Gasteiger partial charge in [0.2, 0.25) is 0 Å². The Bertz CT molecular complexity index is 410. The van der Waals surface area contributed by atoms with Crippen molar-refractivity contribution < 1.29 is 4.74 Å². The van der Waals surface area contributed by atoms with Gasteiger partial charge in [-0.15, -0.1) is 0 Å². The van der Waals surface area contributed by atoms with Crippen LogP contribution in [-0.4, -0.2) is 22.8 Å². The van der Waals surface area contributed by atoms with E-state index in [0.717, 1.165) is 12.8 Å². The Balaban J connectivity index is 2.38. The normalized spacial score (nSPS) is 18.0. The van der Waals surface area contributed by atoms with E-state index in [9.17, 15) is 4.79 Å². The van der Waals surface area contributed by atoms with Crippen molar-refractivity contribution in [1.82, 2.24) is 9.55 Å². The SMILES string of the molecule is Cc1nc(Cl)cc(=O)n1C1CCOCC1. The molecule has 1 aromatic rings. The lowest BCUT2D eigenvalue weighted by atomic mass is 10.1. The second kappa shape index (κ2) is 4.33. The van der Waals surface area contributed by atoms with E-state index in [1.807, 2.05) is 6.92 Å². The first-order valence-corrected chi connectivity index (χ1v) is 5.39. The van der Waals surface area contributed by atoms with E-state index in [4.69, 9.17) is 16.3 Å². The minimum absolute atomic E-state index is 0.0700. The Morgan fingerprint density at radius 2 is 2.20 bits per heavy atom. The summed E-state index contributed by atoms with van der Waals surface area (Å²) in [5, 5.41) is 0.265. The molecule has 1 saturated heterocycles. The first-order chi connectivity index (χ1) is 7.18. The summed E-state index contributed by atoms with van der Waals surface area (Å²) in [5.74, 6) is 0.680. The average molecular weight is 229 g/mol. The van der Waals surface area contributed by atoms with E-state index < -0.39 is 0 Å². The number of halogens is 1. The highest BCUT2D eigenvalue weighted by Gasteiger charge is 2.18. The average Bonchev–Trinajstić information content (AvgIpc) is 2.17. The van der Waals surface area contributed by atoms with Gasteiger partial charge in [0.05, 0.1) is 0 Å². The van der Waals surface area contributed by atoms with E-state index in [2.05, 4.69) is 4.98 Å². The van der Waals surface area contributed by atoms with E-state index in [1.54, 1.807) is 4.57 Å². The molecule has 5 heteroatoms. The van der Waals surface area contributed by atoms with Crippen molar-refractivity contribution >= 4 is 11.6 Å². The molecule has 82 valence electrons.